The molecule has 1 saturated heterocycles. The number of imidazole rings is 1. The van der Waals surface area contributed by atoms with E-state index in [2.05, 4.69) is 44.5 Å². The molecule has 0 atom stereocenters. The predicted octanol–water partition coefficient (Wildman–Crippen LogP) is 3.08. The number of benzene rings is 1. The van der Waals surface area contributed by atoms with Crippen LogP contribution < -0.4 is 5.32 Å². The first-order valence-corrected chi connectivity index (χ1v) is 8.39. The fraction of sp³-hybridized carbons (Fsp3) is 0.500. The van der Waals surface area contributed by atoms with Crippen LogP contribution in [-0.4, -0.2) is 28.0 Å². The maximum atomic E-state index is 4.21. The van der Waals surface area contributed by atoms with Gasteiger partial charge >= 0.3 is 0 Å². The summed E-state index contributed by atoms with van der Waals surface area (Å²) in [6.45, 7) is 5.27. The minimum absolute atomic E-state index is 0.780. The Morgan fingerprint density at radius 3 is 2.36 bits per heavy atom. The van der Waals surface area contributed by atoms with E-state index in [9.17, 15) is 0 Å². The summed E-state index contributed by atoms with van der Waals surface area (Å²) in [5.74, 6) is 0.984. The zero-order chi connectivity index (χ0) is 15.0. The number of hydrogen-bond donors (Lipinski definition) is 2. The second-order valence-electron chi connectivity index (χ2n) is 6.15. The van der Waals surface area contributed by atoms with Crippen molar-refractivity contribution < 1.29 is 0 Å². The van der Waals surface area contributed by atoms with Crippen LogP contribution in [0.3, 0.4) is 0 Å². The van der Waals surface area contributed by atoms with E-state index in [0.29, 0.717) is 0 Å². The first-order valence-electron chi connectivity index (χ1n) is 8.39. The number of H-pyrrole nitrogens is 1. The molecule has 0 aliphatic carbocycles. The van der Waals surface area contributed by atoms with E-state index in [0.717, 1.165) is 25.5 Å². The Balaban J connectivity index is 1.45. The normalized spacial score (nSPS) is 16.5. The molecule has 118 valence electrons. The molecule has 0 spiro atoms. The lowest BCUT2D eigenvalue weighted by molar-refractivity contribution is 0.277. The Morgan fingerprint density at radius 2 is 1.68 bits per heavy atom. The van der Waals surface area contributed by atoms with Crippen molar-refractivity contribution in [3.05, 3.63) is 53.6 Å². The average molecular weight is 298 g/mol. The maximum Gasteiger partial charge on any atom is 0.120 e. The molecule has 2 heterocycles. The van der Waals surface area contributed by atoms with Gasteiger partial charge in [0.2, 0.25) is 0 Å². The van der Waals surface area contributed by atoms with Crippen LogP contribution in [-0.2, 0) is 19.6 Å². The average Bonchev–Trinajstić information content (AvgIpc) is 2.93. The molecule has 1 fully saturated rings. The predicted molar refractivity (Wildman–Crippen MR) is 89.3 cm³/mol. The van der Waals surface area contributed by atoms with E-state index in [1.54, 1.807) is 6.20 Å². The van der Waals surface area contributed by atoms with Crippen molar-refractivity contribution in [1.29, 1.82) is 0 Å². The molecule has 3 rings (SSSR count). The summed E-state index contributed by atoms with van der Waals surface area (Å²) >= 11 is 0. The fourth-order valence-corrected chi connectivity index (χ4v) is 3.03. The molecule has 1 aliphatic rings. The highest BCUT2D eigenvalue weighted by Crippen LogP contribution is 2.13. The van der Waals surface area contributed by atoms with E-state index in [4.69, 9.17) is 0 Å². The number of rotatable bonds is 6. The first kappa shape index (κ1) is 15.3. The Bertz CT molecular complexity index is 525. The van der Waals surface area contributed by atoms with E-state index in [-0.39, 0.29) is 0 Å². The molecule has 0 saturated carbocycles. The molecule has 0 bridgehead atoms. The third kappa shape index (κ3) is 4.68. The number of nitrogens with one attached hydrogen (secondary N) is 2. The number of nitrogens with zero attached hydrogens (tertiary/aromatic N) is 2. The van der Waals surface area contributed by atoms with Gasteiger partial charge in [0, 0.05) is 25.5 Å². The minimum atomic E-state index is 0.780. The summed E-state index contributed by atoms with van der Waals surface area (Å²) in [5, 5.41) is 3.41. The molecular weight excluding hydrogens is 272 g/mol. The monoisotopic (exact) mass is 298 g/mol. The highest BCUT2D eigenvalue weighted by atomic mass is 15.1. The quantitative estimate of drug-likeness (QED) is 0.861. The highest BCUT2D eigenvalue weighted by Gasteiger charge is 2.09. The van der Waals surface area contributed by atoms with Crippen LogP contribution in [0.2, 0.25) is 0 Å². The van der Waals surface area contributed by atoms with Crippen LogP contribution in [0.1, 0.15) is 42.6 Å². The van der Waals surface area contributed by atoms with E-state index < -0.39 is 0 Å². The van der Waals surface area contributed by atoms with Crippen molar-refractivity contribution in [3.63, 3.8) is 0 Å². The van der Waals surface area contributed by atoms with Crippen LogP contribution in [0.5, 0.6) is 0 Å². The molecular formula is C18H26N4. The third-order valence-electron chi connectivity index (χ3n) is 4.30. The summed E-state index contributed by atoms with van der Waals surface area (Å²) < 4.78 is 0. The topological polar surface area (TPSA) is 44.0 Å². The molecule has 4 nitrogen and oxygen atoms in total. The molecule has 4 heteroatoms. The van der Waals surface area contributed by atoms with Crippen LogP contribution in [0.25, 0.3) is 0 Å². The number of aromatic amines is 1. The lowest BCUT2D eigenvalue weighted by atomic mass is 10.1. The summed E-state index contributed by atoms with van der Waals surface area (Å²) in [7, 11) is 0. The van der Waals surface area contributed by atoms with Gasteiger partial charge in [-0.25, -0.2) is 4.98 Å². The van der Waals surface area contributed by atoms with Crippen molar-refractivity contribution in [2.45, 2.75) is 45.3 Å². The summed E-state index contributed by atoms with van der Waals surface area (Å²) in [5.41, 5.74) is 2.75. The van der Waals surface area contributed by atoms with Crippen molar-refractivity contribution in [2.75, 3.05) is 13.1 Å². The molecule has 2 aromatic rings. The second-order valence-corrected chi connectivity index (χ2v) is 6.15. The van der Waals surface area contributed by atoms with Gasteiger partial charge in [-0.15, -0.1) is 0 Å². The van der Waals surface area contributed by atoms with Gasteiger partial charge in [0.25, 0.3) is 0 Å². The summed E-state index contributed by atoms with van der Waals surface area (Å²) in [4.78, 5) is 9.91. The van der Waals surface area contributed by atoms with Crippen LogP contribution in [0.15, 0.2) is 36.7 Å². The Labute approximate surface area is 133 Å². The number of likely N-dealkylation sites (tertiary alicyclic amines) is 1. The largest absolute Gasteiger partial charge is 0.348 e. The summed E-state index contributed by atoms with van der Waals surface area (Å²) in [6, 6.07) is 9.02. The lowest BCUT2D eigenvalue weighted by Crippen LogP contribution is -2.23. The zero-order valence-electron chi connectivity index (χ0n) is 13.2. The minimum Gasteiger partial charge on any atom is -0.348 e. The maximum absolute atomic E-state index is 4.21. The highest BCUT2D eigenvalue weighted by molar-refractivity contribution is 5.22. The number of aromatic nitrogens is 2. The van der Waals surface area contributed by atoms with E-state index in [1.165, 1.54) is 49.9 Å². The van der Waals surface area contributed by atoms with Gasteiger partial charge in [-0.05, 0) is 37.1 Å². The zero-order valence-corrected chi connectivity index (χ0v) is 13.2. The first-order chi connectivity index (χ1) is 10.9. The van der Waals surface area contributed by atoms with E-state index in [1.807, 2.05) is 6.20 Å². The third-order valence-corrected chi connectivity index (χ3v) is 4.30. The molecule has 0 amide bonds. The molecule has 22 heavy (non-hydrogen) atoms. The smallest absolute Gasteiger partial charge is 0.120 e. The molecule has 0 radical (unpaired) electrons. The van der Waals surface area contributed by atoms with Gasteiger partial charge < -0.3 is 10.3 Å². The molecule has 1 aromatic heterocycles. The van der Waals surface area contributed by atoms with Crippen molar-refractivity contribution >= 4 is 0 Å². The SMILES string of the molecule is c1c[nH]c(CNCc2ccc(CN3CCCCCC3)cc2)n1. The fourth-order valence-electron chi connectivity index (χ4n) is 3.03. The summed E-state index contributed by atoms with van der Waals surface area (Å²) in [6.07, 6.45) is 9.15. The lowest BCUT2D eigenvalue weighted by Gasteiger charge is -2.19. The van der Waals surface area contributed by atoms with Gasteiger partial charge in [-0.3, -0.25) is 4.90 Å². The van der Waals surface area contributed by atoms with Crippen LogP contribution in [0, 0.1) is 0 Å². The van der Waals surface area contributed by atoms with E-state index >= 15 is 0 Å². The molecule has 2 N–H and O–H groups in total. The van der Waals surface area contributed by atoms with Crippen molar-refractivity contribution in [3.8, 4) is 0 Å². The van der Waals surface area contributed by atoms with Gasteiger partial charge in [0.05, 0.1) is 6.54 Å². The van der Waals surface area contributed by atoms with Gasteiger partial charge in [-0.1, -0.05) is 37.1 Å². The number of hydrogen-bond acceptors (Lipinski definition) is 3. The molecule has 0 unspecified atom stereocenters. The standard InChI is InChI=1S/C18H26N4/c1-2-4-12-22(11-3-1)15-17-7-5-16(6-8-17)13-19-14-18-20-9-10-21-18/h5-10,19H,1-4,11-15H2,(H,20,21). The molecule has 1 aliphatic heterocycles. The Kier molecular flexibility index (Phi) is 5.62. The van der Waals surface area contributed by atoms with Crippen LogP contribution >= 0.6 is 0 Å². The van der Waals surface area contributed by atoms with Gasteiger partial charge in [0.1, 0.15) is 5.82 Å². The molecule has 1 aromatic carbocycles. The Morgan fingerprint density at radius 1 is 0.955 bits per heavy atom. The van der Waals surface area contributed by atoms with Crippen molar-refractivity contribution in [2.24, 2.45) is 0 Å². The van der Waals surface area contributed by atoms with Crippen LogP contribution in [0.4, 0.5) is 0 Å². The van der Waals surface area contributed by atoms with Crippen molar-refractivity contribution in [1.82, 2.24) is 20.2 Å². The second kappa shape index (κ2) is 8.11. The Hall–Kier alpha value is -1.65. The van der Waals surface area contributed by atoms with Gasteiger partial charge in [0.15, 0.2) is 0 Å². The van der Waals surface area contributed by atoms with Gasteiger partial charge in [-0.2, -0.15) is 0 Å².